The average Bonchev–Trinajstić information content (AvgIpc) is 2.85. The third kappa shape index (κ3) is 3.38. The molecule has 1 aliphatic rings. The average molecular weight is 354 g/mol. The van der Waals surface area contributed by atoms with Crippen molar-refractivity contribution in [3.8, 4) is 0 Å². The van der Waals surface area contributed by atoms with E-state index in [4.69, 9.17) is 0 Å². The Morgan fingerprint density at radius 3 is 2.50 bits per heavy atom. The van der Waals surface area contributed by atoms with Crippen LogP contribution in [0.4, 0.5) is 5.69 Å². The Kier molecular flexibility index (Phi) is 4.89. The van der Waals surface area contributed by atoms with Gasteiger partial charge in [-0.05, 0) is 50.5 Å². The Morgan fingerprint density at radius 2 is 2.04 bits per heavy atom. The summed E-state index contributed by atoms with van der Waals surface area (Å²) < 4.78 is 25.3. The lowest BCUT2D eigenvalue weighted by Gasteiger charge is -2.25. The van der Waals surface area contributed by atoms with Crippen LogP contribution in [-0.2, 0) is 14.8 Å². The maximum absolute atomic E-state index is 12.4. The predicted molar refractivity (Wildman–Crippen MR) is 90.7 cm³/mol. The van der Waals surface area contributed by atoms with Crippen molar-refractivity contribution in [2.24, 2.45) is 0 Å². The zero-order valence-electron chi connectivity index (χ0n) is 14.0. The Morgan fingerprint density at radius 1 is 1.38 bits per heavy atom. The third-order valence-electron chi connectivity index (χ3n) is 4.41. The van der Waals surface area contributed by atoms with Crippen molar-refractivity contribution in [1.82, 2.24) is 5.32 Å². The number of carbonyl (C=O) groups excluding carboxylic acids is 1. The molecular formula is C16H22N2O5S. The fraction of sp³-hybridized carbons (Fsp3) is 0.500. The van der Waals surface area contributed by atoms with E-state index in [9.17, 15) is 23.1 Å². The number of amides is 1. The molecule has 1 unspecified atom stereocenters. The molecule has 7 nitrogen and oxygen atoms in total. The number of carboxylic acid groups (broad SMARTS) is 1. The topological polar surface area (TPSA) is 104 Å². The minimum Gasteiger partial charge on any atom is -0.480 e. The van der Waals surface area contributed by atoms with Crippen molar-refractivity contribution in [1.29, 1.82) is 0 Å². The second-order valence-electron chi connectivity index (χ2n) is 6.19. The van der Waals surface area contributed by atoms with Gasteiger partial charge in [0, 0.05) is 12.1 Å². The van der Waals surface area contributed by atoms with Gasteiger partial charge in [0.05, 0.1) is 11.4 Å². The molecule has 0 spiro atoms. The third-order valence-corrected chi connectivity index (χ3v) is 6.28. The molecular weight excluding hydrogens is 332 g/mol. The second kappa shape index (κ2) is 6.43. The molecule has 1 aliphatic heterocycles. The highest BCUT2D eigenvalue weighted by atomic mass is 32.2. The SMILES string of the molecule is CCC(C)(NC(=O)c1ccc(N2CCCS2(=O)=O)cc1C)C(=O)O. The standard InChI is InChI=1S/C16H22N2O5S/c1-4-16(3,15(20)21)17-14(19)13-7-6-12(10-11(13)2)18-8-5-9-24(18,22)23/h6-7,10H,4-5,8-9H2,1-3H3,(H,17,19)(H,20,21). The van der Waals surface area contributed by atoms with E-state index >= 15 is 0 Å². The zero-order valence-corrected chi connectivity index (χ0v) is 14.8. The first-order valence-electron chi connectivity index (χ1n) is 7.77. The predicted octanol–water partition coefficient (Wildman–Crippen LogP) is 1.52. The molecule has 0 aliphatic carbocycles. The molecule has 1 atom stereocenters. The van der Waals surface area contributed by atoms with Crippen molar-refractivity contribution in [3.63, 3.8) is 0 Å². The van der Waals surface area contributed by atoms with Crippen LogP contribution in [0.25, 0.3) is 0 Å². The fourth-order valence-corrected chi connectivity index (χ4v) is 4.15. The van der Waals surface area contributed by atoms with Gasteiger partial charge in [-0.1, -0.05) is 6.92 Å². The van der Waals surface area contributed by atoms with Gasteiger partial charge in [0.1, 0.15) is 5.54 Å². The number of hydrogen-bond acceptors (Lipinski definition) is 4. The lowest BCUT2D eigenvalue weighted by atomic mass is 9.97. The van der Waals surface area contributed by atoms with E-state index in [2.05, 4.69) is 5.32 Å². The second-order valence-corrected chi connectivity index (χ2v) is 8.20. The largest absolute Gasteiger partial charge is 0.480 e. The van der Waals surface area contributed by atoms with Crippen LogP contribution in [0.15, 0.2) is 18.2 Å². The lowest BCUT2D eigenvalue weighted by molar-refractivity contribution is -0.143. The Balaban J connectivity index is 2.27. The number of anilines is 1. The molecule has 1 amide bonds. The van der Waals surface area contributed by atoms with Gasteiger partial charge in [-0.15, -0.1) is 0 Å². The van der Waals surface area contributed by atoms with Gasteiger partial charge in [-0.2, -0.15) is 0 Å². The number of sulfonamides is 1. The molecule has 0 bridgehead atoms. The van der Waals surface area contributed by atoms with Crippen LogP contribution in [0.5, 0.6) is 0 Å². The summed E-state index contributed by atoms with van der Waals surface area (Å²) in [6.07, 6.45) is 0.828. The first-order valence-corrected chi connectivity index (χ1v) is 9.38. The maximum atomic E-state index is 12.4. The van der Waals surface area contributed by atoms with Crippen LogP contribution in [0, 0.1) is 6.92 Å². The first-order chi connectivity index (χ1) is 11.1. The molecule has 1 saturated heterocycles. The van der Waals surface area contributed by atoms with E-state index < -0.39 is 27.4 Å². The molecule has 1 heterocycles. The van der Waals surface area contributed by atoms with Gasteiger partial charge in [-0.25, -0.2) is 13.2 Å². The number of rotatable bonds is 5. The summed E-state index contributed by atoms with van der Waals surface area (Å²) in [4.78, 5) is 23.7. The minimum atomic E-state index is -3.28. The summed E-state index contributed by atoms with van der Waals surface area (Å²) in [6.45, 7) is 5.27. The van der Waals surface area contributed by atoms with E-state index in [-0.39, 0.29) is 12.2 Å². The maximum Gasteiger partial charge on any atom is 0.329 e. The Labute approximate surface area is 141 Å². The van der Waals surface area contributed by atoms with Gasteiger partial charge in [0.15, 0.2) is 0 Å². The summed E-state index contributed by atoms with van der Waals surface area (Å²) >= 11 is 0. The number of nitrogens with one attached hydrogen (secondary N) is 1. The number of carbonyl (C=O) groups is 2. The highest BCUT2D eigenvalue weighted by molar-refractivity contribution is 7.93. The molecule has 1 fully saturated rings. The number of aryl methyl sites for hydroxylation is 1. The smallest absolute Gasteiger partial charge is 0.329 e. The highest BCUT2D eigenvalue weighted by Gasteiger charge is 2.34. The normalized spacial score (nSPS) is 18.9. The van der Waals surface area contributed by atoms with E-state index in [1.54, 1.807) is 26.0 Å². The van der Waals surface area contributed by atoms with E-state index in [1.165, 1.54) is 17.3 Å². The molecule has 2 rings (SSSR count). The lowest BCUT2D eigenvalue weighted by Crippen LogP contribution is -2.51. The quantitative estimate of drug-likeness (QED) is 0.834. The van der Waals surface area contributed by atoms with Gasteiger partial charge in [0.2, 0.25) is 10.0 Å². The van der Waals surface area contributed by atoms with Crippen molar-refractivity contribution >= 4 is 27.6 Å². The molecule has 1 aromatic carbocycles. The number of hydrogen-bond donors (Lipinski definition) is 2. The van der Waals surface area contributed by atoms with Gasteiger partial charge < -0.3 is 10.4 Å². The molecule has 2 N–H and O–H groups in total. The summed E-state index contributed by atoms with van der Waals surface area (Å²) in [6, 6.07) is 4.75. The molecule has 0 saturated carbocycles. The monoisotopic (exact) mass is 354 g/mol. The van der Waals surface area contributed by atoms with Crippen molar-refractivity contribution < 1.29 is 23.1 Å². The molecule has 132 valence electrons. The van der Waals surface area contributed by atoms with Crippen LogP contribution in [0.3, 0.4) is 0 Å². The van der Waals surface area contributed by atoms with Crippen LogP contribution in [0.2, 0.25) is 0 Å². The zero-order chi connectivity index (χ0) is 18.1. The minimum absolute atomic E-state index is 0.127. The molecule has 24 heavy (non-hydrogen) atoms. The number of nitrogens with zero attached hydrogens (tertiary/aromatic N) is 1. The van der Waals surface area contributed by atoms with E-state index in [0.29, 0.717) is 29.8 Å². The summed E-state index contributed by atoms with van der Waals surface area (Å²) in [5.74, 6) is -1.47. The highest BCUT2D eigenvalue weighted by Crippen LogP contribution is 2.26. The van der Waals surface area contributed by atoms with E-state index in [1.807, 2.05) is 0 Å². The fourth-order valence-electron chi connectivity index (χ4n) is 2.60. The number of carboxylic acids is 1. The van der Waals surface area contributed by atoms with Crippen LogP contribution in [-0.4, -0.2) is 43.2 Å². The van der Waals surface area contributed by atoms with Crippen molar-refractivity contribution in [3.05, 3.63) is 29.3 Å². The van der Waals surface area contributed by atoms with Gasteiger partial charge in [-0.3, -0.25) is 9.10 Å². The molecule has 8 heteroatoms. The van der Waals surface area contributed by atoms with Gasteiger partial charge in [0.25, 0.3) is 5.91 Å². The summed E-state index contributed by atoms with van der Waals surface area (Å²) in [7, 11) is -3.28. The van der Waals surface area contributed by atoms with Crippen molar-refractivity contribution in [2.45, 2.75) is 39.2 Å². The summed E-state index contributed by atoms with van der Waals surface area (Å²) in [5, 5.41) is 11.8. The number of benzene rings is 1. The first kappa shape index (κ1) is 18.3. The van der Waals surface area contributed by atoms with Crippen molar-refractivity contribution in [2.75, 3.05) is 16.6 Å². The van der Waals surface area contributed by atoms with Gasteiger partial charge >= 0.3 is 5.97 Å². The molecule has 0 aromatic heterocycles. The number of aliphatic carboxylic acids is 1. The molecule has 1 aromatic rings. The molecule has 0 radical (unpaired) electrons. The Hall–Kier alpha value is -2.09. The van der Waals surface area contributed by atoms with Crippen LogP contribution < -0.4 is 9.62 Å². The van der Waals surface area contributed by atoms with Crippen LogP contribution >= 0.6 is 0 Å². The van der Waals surface area contributed by atoms with Crippen LogP contribution in [0.1, 0.15) is 42.6 Å². The summed E-state index contributed by atoms with van der Waals surface area (Å²) in [5.41, 5.74) is 0.103. The van der Waals surface area contributed by atoms with E-state index in [0.717, 1.165) is 0 Å². The Bertz CT molecular complexity index is 775.